The molecule has 0 spiro atoms. The molecule has 0 saturated heterocycles. The third kappa shape index (κ3) is 4.77. The molecule has 0 aliphatic heterocycles. The maximum atomic E-state index is 12.2. The van der Waals surface area contributed by atoms with Gasteiger partial charge in [0.1, 0.15) is 10.6 Å². The first-order valence-electron chi connectivity index (χ1n) is 6.77. The standard InChI is InChI=1S/C14H24N2O3S/c1-11(2)5-4-8-16-20(17,18)14-7-6-12(10-15)9-13(14)19-3/h6-7,9,11,16H,4-5,8,10,15H2,1-3H3. The van der Waals surface area contributed by atoms with Crippen LogP contribution in [0, 0.1) is 5.92 Å². The molecule has 0 atom stereocenters. The molecule has 0 saturated carbocycles. The molecule has 1 aromatic carbocycles. The van der Waals surface area contributed by atoms with Gasteiger partial charge in [0.2, 0.25) is 10.0 Å². The Hall–Kier alpha value is -1.11. The van der Waals surface area contributed by atoms with Gasteiger partial charge in [-0.2, -0.15) is 0 Å². The number of nitrogens with two attached hydrogens (primary N) is 1. The first-order valence-corrected chi connectivity index (χ1v) is 8.25. The van der Waals surface area contributed by atoms with E-state index in [0.29, 0.717) is 24.8 Å². The van der Waals surface area contributed by atoms with Gasteiger partial charge in [0.25, 0.3) is 0 Å². The Labute approximate surface area is 121 Å². The second-order valence-corrected chi connectivity index (χ2v) is 6.86. The Morgan fingerprint density at radius 2 is 2.05 bits per heavy atom. The fourth-order valence-corrected chi connectivity index (χ4v) is 3.08. The van der Waals surface area contributed by atoms with Crippen molar-refractivity contribution in [3.63, 3.8) is 0 Å². The number of rotatable bonds is 8. The van der Waals surface area contributed by atoms with Gasteiger partial charge in [-0.15, -0.1) is 0 Å². The fourth-order valence-electron chi connectivity index (χ4n) is 1.86. The minimum absolute atomic E-state index is 0.154. The van der Waals surface area contributed by atoms with E-state index >= 15 is 0 Å². The summed E-state index contributed by atoms with van der Waals surface area (Å²) >= 11 is 0. The molecule has 5 nitrogen and oxygen atoms in total. The number of ether oxygens (including phenoxy) is 1. The summed E-state index contributed by atoms with van der Waals surface area (Å²) in [5, 5.41) is 0. The molecule has 114 valence electrons. The van der Waals surface area contributed by atoms with Crippen molar-refractivity contribution in [2.24, 2.45) is 11.7 Å². The molecular formula is C14H24N2O3S. The minimum Gasteiger partial charge on any atom is -0.495 e. The average Bonchev–Trinajstić information content (AvgIpc) is 2.42. The third-order valence-corrected chi connectivity index (χ3v) is 4.50. The molecule has 3 N–H and O–H groups in total. The van der Waals surface area contributed by atoms with Crippen LogP contribution in [-0.2, 0) is 16.6 Å². The number of hydrogen-bond acceptors (Lipinski definition) is 4. The van der Waals surface area contributed by atoms with Gasteiger partial charge in [0.15, 0.2) is 0 Å². The van der Waals surface area contributed by atoms with Gasteiger partial charge in [-0.1, -0.05) is 19.9 Å². The lowest BCUT2D eigenvalue weighted by Gasteiger charge is -2.12. The number of benzene rings is 1. The Balaban J connectivity index is 2.81. The van der Waals surface area contributed by atoms with Crippen LogP contribution in [0.25, 0.3) is 0 Å². The van der Waals surface area contributed by atoms with Crippen LogP contribution in [0.5, 0.6) is 5.75 Å². The van der Waals surface area contributed by atoms with Crippen molar-refractivity contribution in [3.8, 4) is 5.75 Å². The zero-order chi connectivity index (χ0) is 15.2. The molecule has 1 aromatic rings. The smallest absolute Gasteiger partial charge is 0.244 e. The van der Waals surface area contributed by atoms with E-state index in [0.717, 1.165) is 18.4 Å². The van der Waals surface area contributed by atoms with Gasteiger partial charge < -0.3 is 10.5 Å². The first-order chi connectivity index (χ1) is 9.40. The highest BCUT2D eigenvalue weighted by atomic mass is 32.2. The van der Waals surface area contributed by atoms with Crippen LogP contribution >= 0.6 is 0 Å². The van der Waals surface area contributed by atoms with Crippen LogP contribution in [0.3, 0.4) is 0 Å². The van der Waals surface area contributed by atoms with Gasteiger partial charge in [-0.3, -0.25) is 0 Å². The Bertz CT molecular complexity index is 527. The summed E-state index contributed by atoms with van der Waals surface area (Å²) in [4.78, 5) is 0.154. The van der Waals surface area contributed by atoms with Crippen molar-refractivity contribution in [2.45, 2.75) is 38.1 Å². The first kappa shape index (κ1) is 16.9. The number of hydrogen-bond donors (Lipinski definition) is 2. The molecule has 1 rings (SSSR count). The van der Waals surface area contributed by atoms with E-state index in [2.05, 4.69) is 18.6 Å². The quantitative estimate of drug-likeness (QED) is 0.718. The van der Waals surface area contributed by atoms with Crippen molar-refractivity contribution >= 4 is 10.0 Å². The summed E-state index contributed by atoms with van der Waals surface area (Å²) in [6.45, 7) is 5.01. The van der Waals surface area contributed by atoms with Gasteiger partial charge in [0.05, 0.1) is 7.11 Å². The van der Waals surface area contributed by atoms with Gasteiger partial charge >= 0.3 is 0 Å². The lowest BCUT2D eigenvalue weighted by molar-refractivity contribution is 0.401. The van der Waals surface area contributed by atoms with E-state index in [1.165, 1.54) is 13.2 Å². The van der Waals surface area contributed by atoms with E-state index < -0.39 is 10.0 Å². The van der Waals surface area contributed by atoms with Crippen molar-refractivity contribution in [1.29, 1.82) is 0 Å². The Morgan fingerprint density at radius 3 is 2.60 bits per heavy atom. The SMILES string of the molecule is COc1cc(CN)ccc1S(=O)(=O)NCCCC(C)C. The zero-order valence-electron chi connectivity index (χ0n) is 12.3. The van der Waals surface area contributed by atoms with Crippen molar-refractivity contribution in [2.75, 3.05) is 13.7 Å². The van der Waals surface area contributed by atoms with Gasteiger partial charge in [-0.05, 0) is 36.5 Å². The Kier molecular flexibility index (Phi) is 6.45. The number of nitrogens with one attached hydrogen (secondary N) is 1. The monoisotopic (exact) mass is 300 g/mol. The molecule has 0 fully saturated rings. The van der Waals surface area contributed by atoms with E-state index in [-0.39, 0.29) is 4.90 Å². The maximum Gasteiger partial charge on any atom is 0.244 e. The topological polar surface area (TPSA) is 81.4 Å². The van der Waals surface area contributed by atoms with Crippen molar-refractivity contribution in [1.82, 2.24) is 4.72 Å². The average molecular weight is 300 g/mol. The second-order valence-electron chi connectivity index (χ2n) is 5.12. The molecule has 0 heterocycles. The highest BCUT2D eigenvalue weighted by Gasteiger charge is 2.19. The summed E-state index contributed by atoms with van der Waals surface area (Å²) in [6.07, 6.45) is 1.81. The second kappa shape index (κ2) is 7.61. The summed E-state index contributed by atoms with van der Waals surface area (Å²) in [5.41, 5.74) is 6.37. The summed E-state index contributed by atoms with van der Waals surface area (Å²) in [5.74, 6) is 0.891. The van der Waals surface area contributed by atoms with Crippen molar-refractivity contribution in [3.05, 3.63) is 23.8 Å². The summed E-state index contributed by atoms with van der Waals surface area (Å²) < 4.78 is 32.2. The van der Waals surface area contributed by atoms with E-state index in [4.69, 9.17) is 10.5 Å². The molecule has 0 bridgehead atoms. The maximum absolute atomic E-state index is 12.2. The molecule has 0 radical (unpaired) electrons. The van der Waals surface area contributed by atoms with Crippen molar-refractivity contribution < 1.29 is 13.2 Å². The minimum atomic E-state index is -3.54. The highest BCUT2D eigenvalue weighted by Crippen LogP contribution is 2.24. The van der Waals surface area contributed by atoms with E-state index in [1.54, 1.807) is 12.1 Å². The lowest BCUT2D eigenvalue weighted by Crippen LogP contribution is -2.25. The van der Waals surface area contributed by atoms with Crippen LogP contribution in [-0.4, -0.2) is 22.1 Å². The van der Waals surface area contributed by atoms with Gasteiger partial charge in [-0.25, -0.2) is 13.1 Å². The lowest BCUT2D eigenvalue weighted by atomic mass is 10.1. The molecule has 0 amide bonds. The predicted octanol–water partition coefficient (Wildman–Crippen LogP) is 1.87. The Morgan fingerprint density at radius 1 is 1.35 bits per heavy atom. The van der Waals surface area contributed by atoms with Crippen LogP contribution < -0.4 is 15.2 Å². The summed E-state index contributed by atoms with van der Waals surface area (Å²) in [7, 11) is -2.09. The largest absolute Gasteiger partial charge is 0.495 e. The van der Waals surface area contributed by atoms with E-state index in [9.17, 15) is 8.42 Å². The fraction of sp³-hybridized carbons (Fsp3) is 0.571. The zero-order valence-corrected chi connectivity index (χ0v) is 13.2. The third-order valence-electron chi connectivity index (χ3n) is 3.00. The van der Waals surface area contributed by atoms with Crippen LogP contribution in [0.15, 0.2) is 23.1 Å². The molecule has 0 aromatic heterocycles. The number of methoxy groups -OCH3 is 1. The molecule has 0 unspecified atom stereocenters. The van der Waals surface area contributed by atoms with E-state index in [1.807, 2.05) is 0 Å². The number of sulfonamides is 1. The van der Waals surface area contributed by atoms with Crippen LogP contribution in [0.4, 0.5) is 0 Å². The molecule has 6 heteroatoms. The highest BCUT2D eigenvalue weighted by molar-refractivity contribution is 7.89. The molecule has 0 aliphatic rings. The molecular weight excluding hydrogens is 276 g/mol. The van der Waals surface area contributed by atoms with Gasteiger partial charge in [0, 0.05) is 13.1 Å². The molecule has 20 heavy (non-hydrogen) atoms. The van der Waals surface area contributed by atoms with Crippen LogP contribution in [0.2, 0.25) is 0 Å². The van der Waals surface area contributed by atoms with Crippen LogP contribution in [0.1, 0.15) is 32.3 Å². The molecule has 0 aliphatic carbocycles. The summed E-state index contributed by atoms with van der Waals surface area (Å²) in [6, 6.07) is 4.89. The normalized spacial score (nSPS) is 11.8. The predicted molar refractivity (Wildman–Crippen MR) is 80.1 cm³/mol.